The van der Waals surface area contributed by atoms with Crippen LogP contribution >= 0.6 is 23.2 Å². The number of phenols is 1. The maximum atomic E-state index is 11.8. The average molecular weight is 339 g/mol. The SMILES string of the molecule is Cc1ccc(NC(=O)C(=O)Nc2ccc(Cl)c(Cl)c2)c(O)c1. The minimum absolute atomic E-state index is 0.115. The van der Waals surface area contributed by atoms with E-state index < -0.39 is 11.8 Å². The second kappa shape index (κ2) is 6.68. The van der Waals surface area contributed by atoms with Crippen LogP contribution in [0.3, 0.4) is 0 Å². The van der Waals surface area contributed by atoms with Crippen LogP contribution in [0.25, 0.3) is 0 Å². The minimum Gasteiger partial charge on any atom is -0.506 e. The summed E-state index contributed by atoms with van der Waals surface area (Å²) in [7, 11) is 0. The van der Waals surface area contributed by atoms with E-state index in [2.05, 4.69) is 10.6 Å². The van der Waals surface area contributed by atoms with Gasteiger partial charge in [-0.05, 0) is 42.8 Å². The standard InChI is InChI=1S/C15H12Cl2N2O3/c1-8-2-5-12(13(20)6-8)19-15(22)14(21)18-9-3-4-10(16)11(17)7-9/h2-7,20H,1H3,(H,18,21)(H,19,22). The molecule has 2 aromatic carbocycles. The number of hydrogen-bond acceptors (Lipinski definition) is 3. The number of hydrogen-bond donors (Lipinski definition) is 3. The first-order valence-electron chi connectivity index (χ1n) is 6.24. The lowest BCUT2D eigenvalue weighted by molar-refractivity contribution is -0.133. The van der Waals surface area contributed by atoms with Gasteiger partial charge >= 0.3 is 11.8 Å². The smallest absolute Gasteiger partial charge is 0.314 e. The number of phenolic OH excluding ortho intramolecular Hbond substituents is 1. The first-order chi connectivity index (χ1) is 10.4. The molecule has 5 nitrogen and oxygen atoms in total. The molecule has 0 aliphatic heterocycles. The summed E-state index contributed by atoms with van der Waals surface area (Å²) < 4.78 is 0. The molecule has 0 saturated heterocycles. The Kier molecular flexibility index (Phi) is 4.90. The Bertz CT molecular complexity index is 748. The molecule has 2 aromatic rings. The number of nitrogens with one attached hydrogen (secondary N) is 2. The maximum Gasteiger partial charge on any atom is 0.314 e. The Morgan fingerprint density at radius 3 is 2.27 bits per heavy atom. The zero-order chi connectivity index (χ0) is 16.3. The monoisotopic (exact) mass is 338 g/mol. The Morgan fingerprint density at radius 1 is 0.955 bits per heavy atom. The first kappa shape index (κ1) is 16.1. The maximum absolute atomic E-state index is 11.8. The Balaban J connectivity index is 2.05. The minimum atomic E-state index is -0.912. The third-order valence-corrected chi connectivity index (χ3v) is 3.52. The van der Waals surface area contributed by atoms with Crippen molar-refractivity contribution >= 4 is 46.4 Å². The zero-order valence-corrected chi connectivity index (χ0v) is 13.0. The quantitative estimate of drug-likeness (QED) is 0.578. The topological polar surface area (TPSA) is 78.4 Å². The van der Waals surface area contributed by atoms with Gasteiger partial charge in [-0.2, -0.15) is 0 Å². The normalized spacial score (nSPS) is 10.1. The number of aromatic hydroxyl groups is 1. The number of carbonyl (C=O) groups excluding carboxylic acids is 2. The summed E-state index contributed by atoms with van der Waals surface area (Å²) in [5.41, 5.74) is 1.32. The molecule has 2 amide bonds. The highest BCUT2D eigenvalue weighted by Gasteiger charge is 2.16. The molecule has 114 valence electrons. The second-order valence-corrected chi connectivity index (χ2v) is 5.37. The van der Waals surface area contributed by atoms with Crippen molar-refractivity contribution in [3.8, 4) is 5.75 Å². The lowest BCUT2D eigenvalue weighted by atomic mass is 10.2. The van der Waals surface area contributed by atoms with E-state index in [1.807, 2.05) is 0 Å². The second-order valence-electron chi connectivity index (χ2n) is 4.56. The summed E-state index contributed by atoms with van der Waals surface area (Å²) in [6.45, 7) is 1.79. The van der Waals surface area contributed by atoms with Crippen molar-refractivity contribution in [1.82, 2.24) is 0 Å². The molecule has 0 aliphatic rings. The van der Waals surface area contributed by atoms with Gasteiger partial charge in [0.15, 0.2) is 0 Å². The third kappa shape index (κ3) is 3.90. The van der Waals surface area contributed by atoms with E-state index in [1.165, 1.54) is 30.3 Å². The summed E-state index contributed by atoms with van der Waals surface area (Å²) in [6, 6.07) is 9.14. The van der Waals surface area contributed by atoms with Crippen LogP contribution in [-0.4, -0.2) is 16.9 Å². The first-order valence-corrected chi connectivity index (χ1v) is 6.99. The van der Waals surface area contributed by atoms with Crippen molar-refractivity contribution in [2.24, 2.45) is 0 Å². The predicted molar refractivity (Wildman–Crippen MR) is 86.6 cm³/mol. The molecule has 7 heteroatoms. The molecule has 0 bridgehead atoms. The summed E-state index contributed by atoms with van der Waals surface area (Å²) >= 11 is 11.6. The van der Waals surface area contributed by atoms with Gasteiger partial charge in [-0.1, -0.05) is 29.3 Å². The van der Waals surface area contributed by atoms with Gasteiger partial charge in [0.1, 0.15) is 5.75 Å². The Labute approximate surface area is 136 Å². The summed E-state index contributed by atoms with van der Waals surface area (Å²) in [5.74, 6) is -1.92. The van der Waals surface area contributed by atoms with Gasteiger partial charge in [-0.3, -0.25) is 9.59 Å². The van der Waals surface area contributed by atoms with Crippen molar-refractivity contribution in [2.75, 3.05) is 10.6 Å². The number of aryl methyl sites for hydroxylation is 1. The molecule has 0 spiro atoms. The summed E-state index contributed by atoms with van der Waals surface area (Å²) in [6.07, 6.45) is 0. The number of amides is 2. The predicted octanol–water partition coefficient (Wildman–Crippen LogP) is 3.58. The molecule has 0 saturated carbocycles. The van der Waals surface area contributed by atoms with E-state index in [4.69, 9.17) is 23.2 Å². The number of carbonyl (C=O) groups is 2. The van der Waals surface area contributed by atoms with Crippen LogP contribution in [-0.2, 0) is 9.59 Å². The molecule has 0 aromatic heterocycles. The van der Waals surface area contributed by atoms with Crippen molar-refractivity contribution in [3.05, 3.63) is 52.0 Å². The Hall–Kier alpha value is -2.24. The highest BCUT2D eigenvalue weighted by atomic mass is 35.5. The van der Waals surface area contributed by atoms with Gasteiger partial charge in [-0.25, -0.2) is 0 Å². The van der Waals surface area contributed by atoms with E-state index in [0.29, 0.717) is 10.7 Å². The largest absolute Gasteiger partial charge is 0.506 e. The molecule has 0 aliphatic carbocycles. The van der Waals surface area contributed by atoms with Gasteiger partial charge < -0.3 is 15.7 Å². The van der Waals surface area contributed by atoms with Crippen LogP contribution in [0.5, 0.6) is 5.75 Å². The molecule has 0 unspecified atom stereocenters. The molecular weight excluding hydrogens is 327 g/mol. The van der Waals surface area contributed by atoms with E-state index in [-0.39, 0.29) is 16.5 Å². The lowest BCUT2D eigenvalue weighted by Crippen LogP contribution is -2.29. The molecule has 22 heavy (non-hydrogen) atoms. The highest BCUT2D eigenvalue weighted by molar-refractivity contribution is 6.44. The number of rotatable bonds is 2. The van der Waals surface area contributed by atoms with Crippen LogP contribution in [0.4, 0.5) is 11.4 Å². The number of halogens is 2. The van der Waals surface area contributed by atoms with Gasteiger partial charge in [0, 0.05) is 5.69 Å². The lowest BCUT2D eigenvalue weighted by Gasteiger charge is -2.09. The molecule has 2 rings (SSSR count). The van der Waals surface area contributed by atoms with Crippen molar-refractivity contribution in [1.29, 1.82) is 0 Å². The third-order valence-electron chi connectivity index (χ3n) is 2.79. The van der Waals surface area contributed by atoms with E-state index in [1.54, 1.807) is 13.0 Å². The fourth-order valence-electron chi connectivity index (χ4n) is 1.69. The molecule has 0 radical (unpaired) electrons. The molecular formula is C15H12Cl2N2O3. The fourth-order valence-corrected chi connectivity index (χ4v) is 1.99. The van der Waals surface area contributed by atoms with Gasteiger partial charge in [0.05, 0.1) is 15.7 Å². The summed E-state index contributed by atoms with van der Waals surface area (Å²) in [4.78, 5) is 23.6. The molecule has 0 fully saturated rings. The molecule has 0 heterocycles. The zero-order valence-electron chi connectivity index (χ0n) is 11.5. The van der Waals surface area contributed by atoms with E-state index in [0.717, 1.165) is 5.56 Å². The number of benzene rings is 2. The van der Waals surface area contributed by atoms with Crippen LogP contribution in [0.15, 0.2) is 36.4 Å². The van der Waals surface area contributed by atoms with Crippen LogP contribution in [0, 0.1) is 6.92 Å². The fraction of sp³-hybridized carbons (Fsp3) is 0.0667. The Morgan fingerprint density at radius 2 is 1.64 bits per heavy atom. The number of anilines is 2. The van der Waals surface area contributed by atoms with Gasteiger partial charge in [0.2, 0.25) is 0 Å². The van der Waals surface area contributed by atoms with Crippen LogP contribution < -0.4 is 10.6 Å². The highest BCUT2D eigenvalue weighted by Crippen LogP contribution is 2.26. The van der Waals surface area contributed by atoms with Gasteiger partial charge in [0.25, 0.3) is 0 Å². The molecule has 0 atom stereocenters. The van der Waals surface area contributed by atoms with E-state index in [9.17, 15) is 14.7 Å². The average Bonchev–Trinajstić information content (AvgIpc) is 2.45. The van der Waals surface area contributed by atoms with Gasteiger partial charge in [-0.15, -0.1) is 0 Å². The van der Waals surface area contributed by atoms with Crippen LogP contribution in [0.2, 0.25) is 10.0 Å². The van der Waals surface area contributed by atoms with Crippen molar-refractivity contribution in [2.45, 2.75) is 6.92 Å². The van der Waals surface area contributed by atoms with Crippen molar-refractivity contribution in [3.63, 3.8) is 0 Å². The summed E-state index contributed by atoms with van der Waals surface area (Å²) in [5, 5.41) is 15.0. The van der Waals surface area contributed by atoms with Crippen molar-refractivity contribution < 1.29 is 14.7 Å². The van der Waals surface area contributed by atoms with E-state index >= 15 is 0 Å². The molecule has 3 N–H and O–H groups in total. The van der Waals surface area contributed by atoms with Crippen LogP contribution in [0.1, 0.15) is 5.56 Å².